The minimum absolute atomic E-state index is 0.106. The third-order valence-corrected chi connectivity index (χ3v) is 5.74. The molecule has 4 aromatic rings. The topological polar surface area (TPSA) is 79.0 Å². The van der Waals surface area contributed by atoms with E-state index in [0.717, 1.165) is 60.2 Å². The Balaban J connectivity index is 1.47. The van der Waals surface area contributed by atoms with Crippen LogP contribution in [0, 0.1) is 0 Å². The van der Waals surface area contributed by atoms with Crippen molar-refractivity contribution >= 4 is 11.5 Å². The second-order valence-electron chi connectivity index (χ2n) is 7.73. The van der Waals surface area contributed by atoms with Gasteiger partial charge in [0, 0.05) is 49.7 Å². The van der Waals surface area contributed by atoms with E-state index in [1.54, 1.807) is 24.5 Å². The summed E-state index contributed by atoms with van der Waals surface area (Å²) in [5.41, 5.74) is 4.28. The highest BCUT2D eigenvalue weighted by atomic mass is 16.5. The fourth-order valence-electron chi connectivity index (χ4n) is 3.85. The molecule has 0 bridgehead atoms. The fourth-order valence-corrected chi connectivity index (χ4v) is 3.85. The molecule has 0 saturated carbocycles. The summed E-state index contributed by atoms with van der Waals surface area (Å²) < 4.78 is 7.24. The van der Waals surface area contributed by atoms with Crippen molar-refractivity contribution in [3.8, 4) is 34.0 Å². The fraction of sp³-hybridized carbons (Fsp3) is 0.261. The first kappa shape index (κ1) is 19.3. The molecule has 8 nitrogen and oxygen atoms in total. The number of rotatable bonds is 4. The molecule has 1 N–H and O–H groups in total. The Morgan fingerprint density at radius 2 is 1.71 bits per heavy atom. The quantitative estimate of drug-likeness (QED) is 0.548. The molecule has 0 atom stereocenters. The summed E-state index contributed by atoms with van der Waals surface area (Å²) in [6.45, 7) is 4.07. The molecule has 1 aromatic carbocycles. The Hall–Kier alpha value is -3.65. The second kappa shape index (κ2) is 7.88. The maximum absolute atomic E-state index is 9.90. The zero-order valence-corrected chi connectivity index (χ0v) is 17.6. The van der Waals surface area contributed by atoms with Gasteiger partial charge in [-0.3, -0.25) is 9.38 Å². The average molecular weight is 416 g/mol. The number of piperazine rings is 1. The van der Waals surface area contributed by atoms with Crippen molar-refractivity contribution in [3.05, 3.63) is 55.1 Å². The SMILES string of the molecule is COc1cc(-c2cnc3cnc(-c4ccc(N5CCN(C)CC5)nc4)cn23)ccc1O. The van der Waals surface area contributed by atoms with E-state index in [0.29, 0.717) is 5.75 Å². The summed E-state index contributed by atoms with van der Waals surface area (Å²) in [5.74, 6) is 1.52. The maximum atomic E-state index is 9.90. The number of fused-ring (bicyclic) bond motifs is 1. The van der Waals surface area contributed by atoms with Gasteiger partial charge in [0.1, 0.15) is 5.82 Å². The zero-order chi connectivity index (χ0) is 21.4. The van der Waals surface area contributed by atoms with Gasteiger partial charge in [-0.05, 0) is 37.4 Å². The summed E-state index contributed by atoms with van der Waals surface area (Å²) >= 11 is 0. The number of imidazole rings is 1. The van der Waals surface area contributed by atoms with Crippen LogP contribution in [0.4, 0.5) is 5.82 Å². The summed E-state index contributed by atoms with van der Waals surface area (Å²) in [6, 6.07) is 9.39. The summed E-state index contributed by atoms with van der Waals surface area (Å²) in [5, 5.41) is 9.90. The van der Waals surface area contributed by atoms with E-state index in [2.05, 4.69) is 43.9 Å². The van der Waals surface area contributed by atoms with Gasteiger partial charge in [-0.1, -0.05) is 0 Å². The van der Waals surface area contributed by atoms with E-state index in [-0.39, 0.29) is 5.75 Å². The Labute approximate surface area is 180 Å². The number of nitrogens with zero attached hydrogens (tertiary/aromatic N) is 6. The van der Waals surface area contributed by atoms with Gasteiger partial charge < -0.3 is 19.6 Å². The van der Waals surface area contributed by atoms with Crippen molar-refractivity contribution in [2.45, 2.75) is 0 Å². The highest BCUT2D eigenvalue weighted by Gasteiger charge is 2.16. The van der Waals surface area contributed by atoms with E-state index in [4.69, 9.17) is 4.74 Å². The van der Waals surface area contributed by atoms with Crippen LogP contribution < -0.4 is 9.64 Å². The van der Waals surface area contributed by atoms with Crippen LogP contribution in [0.2, 0.25) is 0 Å². The van der Waals surface area contributed by atoms with E-state index in [1.807, 2.05) is 22.9 Å². The summed E-state index contributed by atoms with van der Waals surface area (Å²) in [7, 11) is 3.68. The van der Waals surface area contributed by atoms with Crippen molar-refractivity contribution in [3.63, 3.8) is 0 Å². The van der Waals surface area contributed by atoms with Gasteiger partial charge in [0.05, 0.1) is 30.9 Å². The van der Waals surface area contributed by atoms with Crippen LogP contribution in [0.3, 0.4) is 0 Å². The van der Waals surface area contributed by atoms with Crippen LogP contribution in [0.5, 0.6) is 11.5 Å². The van der Waals surface area contributed by atoms with Crippen molar-refractivity contribution in [1.82, 2.24) is 24.3 Å². The molecule has 1 aliphatic heterocycles. The number of aromatic nitrogens is 4. The first-order valence-corrected chi connectivity index (χ1v) is 10.2. The molecule has 1 saturated heterocycles. The van der Waals surface area contributed by atoms with Gasteiger partial charge in [-0.2, -0.15) is 0 Å². The molecular weight excluding hydrogens is 392 g/mol. The number of likely N-dealkylation sites (N-methyl/N-ethyl adjacent to an activating group) is 1. The van der Waals surface area contributed by atoms with Crippen molar-refractivity contribution in [1.29, 1.82) is 0 Å². The third-order valence-electron chi connectivity index (χ3n) is 5.74. The number of ether oxygens (including phenoxy) is 1. The maximum Gasteiger partial charge on any atom is 0.161 e. The predicted molar refractivity (Wildman–Crippen MR) is 120 cm³/mol. The average Bonchev–Trinajstić information content (AvgIpc) is 3.23. The minimum Gasteiger partial charge on any atom is -0.504 e. The molecule has 4 heterocycles. The van der Waals surface area contributed by atoms with E-state index in [9.17, 15) is 5.11 Å². The number of hydrogen-bond donors (Lipinski definition) is 1. The number of phenolic OH excluding ortho intramolecular Hbond substituents is 1. The van der Waals surface area contributed by atoms with E-state index in [1.165, 1.54) is 7.11 Å². The van der Waals surface area contributed by atoms with E-state index < -0.39 is 0 Å². The van der Waals surface area contributed by atoms with E-state index >= 15 is 0 Å². The van der Waals surface area contributed by atoms with Gasteiger partial charge >= 0.3 is 0 Å². The molecular formula is C23H24N6O2. The lowest BCUT2D eigenvalue weighted by Crippen LogP contribution is -2.44. The molecule has 0 radical (unpaired) electrons. The number of anilines is 1. The lowest BCUT2D eigenvalue weighted by atomic mass is 10.1. The van der Waals surface area contributed by atoms with Gasteiger partial charge in [-0.15, -0.1) is 0 Å². The Morgan fingerprint density at radius 3 is 2.45 bits per heavy atom. The standard InChI is InChI=1S/C23H24N6O2/c1-27-7-9-28(10-8-27)22-6-4-17(12-25-22)18-15-29-19(13-26-23(29)14-24-18)16-3-5-20(30)21(11-16)31-2/h3-6,11-15,30H,7-10H2,1-2H3. The smallest absolute Gasteiger partial charge is 0.161 e. The molecule has 3 aromatic heterocycles. The molecule has 31 heavy (non-hydrogen) atoms. The first-order chi connectivity index (χ1) is 15.1. The van der Waals surface area contributed by atoms with Gasteiger partial charge in [0.2, 0.25) is 0 Å². The molecule has 5 rings (SSSR count). The van der Waals surface area contributed by atoms with Crippen molar-refractivity contribution in [2.75, 3.05) is 45.2 Å². The molecule has 1 fully saturated rings. The van der Waals surface area contributed by atoms with Crippen LogP contribution in [0.1, 0.15) is 0 Å². The van der Waals surface area contributed by atoms with Crippen molar-refractivity contribution < 1.29 is 9.84 Å². The van der Waals surface area contributed by atoms with Crippen LogP contribution in [0.15, 0.2) is 55.1 Å². The number of benzene rings is 1. The lowest BCUT2D eigenvalue weighted by molar-refractivity contribution is 0.312. The predicted octanol–water partition coefficient (Wildman–Crippen LogP) is 2.92. The molecule has 0 unspecified atom stereocenters. The number of pyridine rings is 1. The number of phenols is 1. The molecule has 0 spiro atoms. The third kappa shape index (κ3) is 3.66. The largest absolute Gasteiger partial charge is 0.504 e. The Kier molecular flexibility index (Phi) is 4.91. The highest BCUT2D eigenvalue weighted by Crippen LogP contribution is 2.32. The van der Waals surface area contributed by atoms with Crippen LogP contribution in [-0.4, -0.2) is 69.7 Å². The second-order valence-corrected chi connectivity index (χ2v) is 7.73. The monoisotopic (exact) mass is 416 g/mol. The first-order valence-electron chi connectivity index (χ1n) is 10.2. The number of hydrogen-bond acceptors (Lipinski definition) is 7. The Morgan fingerprint density at radius 1 is 0.903 bits per heavy atom. The van der Waals surface area contributed by atoms with Gasteiger partial charge in [-0.25, -0.2) is 9.97 Å². The molecule has 0 amide bonds. The molecule has 1 aliphatic rings. The lowest BCUT2D eigenvalue weighted by Gasteiger charge is -2.33. The molecule has 8 heteroatoms. The van der Waals surface area contributed by atoms with Crippen LogP contribution >= 0.6 is 0 Å². The van der Waals surface area contributed by atoms with Gasteiger partial charge in [0.15, 0.2) is 17.1 Å². The minimum atomic E-state index is 0.106. The Bertz CT molecular complexity index is 1210. The molecule has 0 aliphatic carbocycles. The summed E-state index contributed by atoms with van der Waals surface area (Å²) in [4.78, 5) is 18.4. The van der Waals surface area contributed by atoms with Crippen molar-refractivity contribution in [2.24, 2.45) is 0 Å². The van der Waals surface area contributed by atoms with Crippen LogP contribution in [-0.2, 0) is 0 Å². The van der Waals surface area contributed by atoms with Crippen LogP contribution in [0.25, 0.3) is 28.2 Å². The summed E-state index contributed by atoms with van der Waals surface area (Å²) in [6.07, 6.45) is 7.39. The van der Waals surface area contributed by atoms with Gasteiger partial charge in [0.25, 0.3) is 0 Å². The zero-order valence-electron chi connectivity index (χ0n) is 17.6. The normalized spacial score (nSPS) is 14.8. The highest BCUT2D eigenvalue weighted by molar-refractivity contribution is 5.68. The number of methoxy groups -OCH3 is 1. The molecule has 158 valence electrons. The number of aromatic hydroxyl groups is 1.